The Balaban J connectivity index is 1.72. The van der Waals surface area contributed by atoms with Gasteiger partial charge >= 0.3 is 0 Å². The van der Waals surface area contributed by atoms with E-state index >= 15 is 0 Å². The van der Waals surface area contributed by atoms with Gasteiger partial charge in [-0.3, -0.25) is 4.40 Å². The molecule has 0 atom stereocenters. The minimum absolute atomic E-state index is 0.603. The first-order valence-electron chi connectivity index (χ1n) is 9.17. The Morgan fingerprint density at radius 1 is 0.759 bits per heavy atom. The highest BCUT2D eigenvalue weighted by atomic mass is 16.3. The fourth-order valence-corrected chi connectivity index (χ4v) is 3.54. The summed E-state index contributed by atoms with van der Waals surface area (Å²) in [6.45, 7) is 0. The average molecular weight is 378 g/mol. The normalized spacial score (nSPS) is 11.4. The lowest BCUT2D eigenvalue weighted by molar-refractivity contribution is 0.576. The predicted octanol–water partition coefficient (Wildman–Crippen LogP) is 4.39. The van der Waals surface area contributed by atoms with Gasteiger partial charge in [-0.25, -0.2) is 9.67 Å². The Morgan fingerprint density at radius 3 is 2.31 bits per heavy atom. The average Bonchev–Trinajstić information content (AvgIpc) is 3.52. The van der Waals surface area contributed by atoms with Gasteiger partial charge in [0, 0.05) is 5.56 Å². The van der Waals surface area contributed by atoms with Gasteiger partial charge in [0.1, 0.15) is 12.0 Å². The van der Waals surface area contributed by atoms with E-state index in [1.165, 1.54) is 0 Å². The molecule has 0 spiro atoms. The molecule has 0 bridgehead atoms. The molecule has 0 unspecified atom stereocenters. The summed E-state index contributed by atoms with van der Waals surface area (Å²) < 4.78 is 9.20. The molecular weight excluding hydrogens is 364 g/mol. The van der Waals surface area contributed by atoms with Crippen molar-refractivity contribution in [1.82, 2.24) is 29.4 Å². The molecule has 0 aliphatic heterocycles. The fourth-order valence-electron chi connectivity index (χ4n) is 3.54. The van der Waals surface area contributed by atoms with Crippen LogP contribution in [0.4, 0.5) is 0 Å². The molecule has 138 valence electrons. The van der Waals surface area contributed by atoms with Gasteiger partial charge < -0.3 is 4.42 Å². The van der Waals surface area contributed by atoms with Crippen molar-refractivity contribution < 1.29 is 4.42 Å². The van der Waals surface area contributed by atoms with E-state index in [1.54, 1.807) is 12.6 Å². The Kier molecular flexibility index (Phi) is 3.33. The Bertz CT molecular complexity index is 1430. The molecule has 0 N–H and O–H groups in total. The highest BCUT2D eigenvalue weighted by Crippen LogP contribution is 2.32. The zero-order chi connectivity index (χ0) is 19.2. The molecule has 0 aliphatic rings. The first-order valence-corrected chi connectivity index (χ1v) is 9.17. The zero-order valence-electron chi connectivity index (χ0n) is 15.2. The van der Waals surface area contributed by atoms with Gasteiger partial charge in [0.25, 0.3) is 0 Å². The van der Waals surface area contributed by atoms with Gasteiger partial charge in [-0.15, -0.1) is 10.2 Å². The molecule has 29 heavy (non-hydrogen) atoms. The van der Waals surface area contributed by atoms with Crippen LogP contribution in [0, 0.1) is 0 Å². The summed E-state index contributed by atoms with van der Waals surface area (Å²) in [6, 6.07) is 23.7. The van der Waals surface area contributed by atoms with E-state index in [2.05, 4.69) is 10.2 Å². The minimum atomic E-state index is 0.603. The van der Waals surface area contributed by atoms with Gasteiger partial charge in [0.05, 0.1) is 17.3 Å². The molecule has 0 aliphatic carbocycles. The number of para-hydroxylation sites is 1. The monoisotopic (exact) mass is 378 g/mol. The number of nitrogens with zero attached hydrogens (tertiary/aromatic N) is 6. The van der Waals surface area contributed by atoms with E-state index in [9.17, 15) is 0 Å². The molecule has 2 aromatic carbocycles. The lowest BCUT2D eigenvalue weighted by atomic mass is 10.1. The van der Waals surface area contributed by atoms with Crippen molar-refractivity contribution in [1.29, 1.82) is 0 Å². The fraction of sp³-hybridized carbons (Fsp3) is 0. The van der Waals surface area contributed by atoms with E-state index < -0.39 is 0 Å². The number of furan rings is 1. The van der Waals surface area contributed by atoms with E-state index in [0.29, 0.717) is 17.2 Å². The van der Waals surface area contributed by atoms with Crippen LogP contribution in [0.25, 0.3) is 45.2 Å². The summed E-state index contributed by atoms with van der Waals surface area (Å²) in [6.07, 6.45) is 3.33. The molecule has 0 amide bonds. The summed E-state index contributed by atoms with van der Waals surface area (Å²) >= 11 is 0. The molecule has 0 saturated carbocycles. The Morgan fingerprint density at radius 2 is 1.55 bits per heavy atom. The maximum atomic E-state index is 5.52. The van der Waals surface area contributed by atoms with Gasteiger partial charge in [-0.2, -0.15) is 5.10 Å². The van der Waals surface area contributed by atoms with Crippen molar-refractivity contribution in [3.63, 3.8) is 0 Å². The van der Waals surface area contributed by atoms with Crippen LogP contribution in [0.1, 0.15) is 0 Å². The highest BCUT2D eigenvalue weighted by molar-refractivity contribution is 6.01. The second kappa shape index (κ2) is 6.13. The Hall–Kier alpha value is -4.26. The van der Waals surface area contributed by atoms with Crippen LogP contribution in [0.3, 0.4) is 0 Å². The Labute approximate surface area is 164 Å². The molecule has 4 aromatic heterocycles. The molecule has 6 aromatic rings. The number of fused-ring (bicyclic) bond motifs is 3. The number of hydrogen-bond acceptors (Lipinski definition) is 5. The summed E-state index contributed by atoms with van der Waals surface area (Å²) in [5, 5.41) is 14.5. The lowest BCUT2D eigenvalue weighted by Crippen LogP contribution is -1.98. The molecule has 0 saturated heterocycles. The van der Waals surface area contributed by atoms with Crippen LogP contribution in [-0.4, -0.2) is 29.4 Å². The van der Waals surface area contributed by atoms with Crippen molar-refractivity contribution in [2.75, 3.05) is 0 Å². The van der Waals surface area contributed by atoms with Crippen LogP contribution in [0.15, 0.2) is 89.8 Å². The maximum Gasteiger partial charge on any atom is 0.205 e. The van der Waals surface area contributed by atoms with Gasteiger partial charge in [0.2, 0.25) is 5.82 Å². The molecule has 6 rings (SSSR count). The molecule has 0 fully saturated rings. The third-order valence-electron chi connectivity index (χ3n) is 4.87. The SMILES string of the molecule is c1ccc(-c2nn(-c3ccccc3)c3ncn4c(-c5ccco5)nnc4c23)cc1. The number of benzene rings is 2. The van der Waals surface area contributed by atoms with Crippen LogP contribution in [0.2, 0.25) is 0 Å². The number of rotatable bonds is 3. The van der Waals surface area contributed by atoms with Gasteiger partial charge in [-0.05, 0) is 24.3 Å². The van der Waals surface area contributed by atoms with Crippen molar-refractivity contribution in [3.8, 4) is 28.5 Å². The second-order valence-electron chi connectivity index (χ2n) is 6.60. The predicted molar refractivity (Wildman–Crippen MR) is 109 cm³/mol. The molecular formula is C22H14N6O. The minimum Gasteiger partial charge on any atom is -0.461 e. The second-order valence-corrected chi connectivity index (χ2v) is 6.60. The summed E-state index contributed by atoms with van der Waals surface area (Å²) in [5.41, 5.74) is 4.14. The first-order chi connectivity index (χ1) is 14.4. The number of hydrogen-bond donors (Lipinski definition) is 0. The van der Waals surface area contributed by atoms with Crippen molar-refractivity contribution in [2.45, 2.75) is 0 Å². The van der Waals surface area contributed by atoms with Gasteiger partial charge in [0.15, 0.2) is 17.1 Å². The topological polar surface area (TPSA) is 74.0 Å². The van der Waals surface area contributed by atoms with E-state index in [1.807, 2.05) is 81.9 Å². The van der Waals surface area contributed by atoms with E-state index in [-0.39, 0.29) is 0 Å². The third-order valence-corrected chi connectivity index (χ3v) is 4.87. The van der Waals surface area contributed by atoms with Crippen LogP contribution >= 0.6 is 0 Å². The number of aromatic nitrogens is 6. The smallest absolute Gasteiger partial charge is 0.205 e. The highest BCUT2D eigenvalue weighted by Gasteiger charge is 2.21. The largest absolute Gasteiger partial charge is 0.461 e. The quantitative estimate of drug-likeness (QED) is 0.457. The van der Waals surface area contributed by atoms with Crippen LogP contribution in [0.5, 0.6) is 0 Å². The van der Waals surface area contributed by atoms with E-state index in [0.717, 1.165) is 28.0 Å². The molecule has 7 heteroatoms. The summed E-state index contributed by atoms with van der Waals surface area (Å²) in [4.78, 5) is 4.72. The lowest BCUT2D eigenvalue weighted by Gasteiger charge is -2.02. The molecule has 0 radical (unpaired) electrons. The summed E-state index contributed by atoms with van der Waals surface area (Å²) in [5.74, 6) is 1.24. The van der Waals surface area contributed by atoms with Crippen LogP contribution in [-0.2, 0) is 0 Å². The first kappa shape index (κ1) is 15.8. The van der Waals surface area contributed by atoms with Crippen molar-refractivity contribution >= 4 is 16.7 Å². The molecule has 4 heterocycles. The van der Waals surface area contributed by atoms with E-state index in [4.69, 9.17) is 14.5 Å². The van der Waals surface area contributed by atoms with Crippen molar-refractivity contribution in [2.24, 2.45) is 0 Å². The van der Waals surface area contributed by atoms with Crippen molar-refractivity contribution in [3.05, 3.63) is 85.4 Å². The standard InChI is InChI=1S/C22H14N6O/c1-3-8-15(9-4-1)19-18-21(28(26-19)16-10-5-2-6-11-16)23-14-27-20(24-25-22(18)27)17-12-7-13-29-17/h1-14H. The summed E-state index contributed by atoms with van der Waals surface area (Å²) in [7, 11) is 0. The van der Waals surface area contributed by atoms with Crippen LogP contribution < -0.4 is 0 Å². The zero-order valence-corrected chi connectivity index (χ0v) is 15.2. The third kappa shape index (κ3) is 2.37. The van der Waals surface area contributed by atoms with Gasteiger partial charge in [-0.1, -0.05) is 48.5 Å². The maximum absolute atomic E-state index is 5.52. The molecule has 7 nitrogen and oxygen atoms in total.